The number of aliphatic hydroxyl groups excluding tert-OH is 12. The van der Waals surface area contributed by atoms with Gasteiger partial charge in [-0.1, -0.05) is 53.2 Å². The Kier molecular flexibility index (Phi) is 15.8. The molecule has 28 atom stereocenters. The smallest absolute Gasteiger partial charge is 0.315 e. The summed E-state index contributed by atoms with van der Waals surface area (Å²) in [5, 5.41) is 129. The molecule has 9 aliphatic rings. The van der Waals surface area contributed by atoms with Crippen LogP contribution in [0.3, 0.4) is 0 Å². The van der Waals surface area contributed by atoms with Gasteiger partial charge in [0, 0.05) is 5.41 Å². The zero-order valence-corrected chi connectivity index (χ0v) is 44.1. The molecule has 9 rings (SSSR count). The molecule has 4 saturated carbocycles. The Bertz CT molecular complexity index is 2050. The highest BCUT2D eigenvalue weighted by atomic mass is 16.8. The highest BCUT2D eigenvalue weighted by Crippen LogP contribution is 2.76. The van der Waals surface area contributed by atoms with Crippen LogP contribution >= 0.6 is 0 Å². The van der Waals surface area contributed by atoms with Gasteiger partial charge in [-0.2, -0.15) is 0 Å². The van der Waals surface area contributed by atoms with Crippen molar-refractivity contribution < 1.29 is 104 Å². The van der Waals surface area contributed by atoms with E-state index < -0.39 is 146 Å². The molecule has 21 nitrogen and oxygen atoms in total. The molecule has 12 N–H and O–H groups in total. The minimum absolute atomic E-state index is 0.0416. The van der Waals surface area contributed by atoms with Crippen LogP contribution < -0.4 is 0 Å². The van der Waals surface area contributed by atoms with Gasteiger partial charge in [0.05, 0.1) is 43.5 Å². The van der Waals surface area contributed by atoms with Crippen molar-refractivity contribution in [2.75, 3.05) is 19.8 Å². The summed E-state index contributed by atoms with van der Waals surface area (Å²) in [5.41, 5.74) is -1.71. The Morgan fingerprint density at radius 1 is 0.622 bits per heavy atom. The first-order chi connectivity index (χ1) is 34.6. The van der Waals surface area contributed by atoms with Crippen LogP contribution in [-0.2, 0) is 42.7 Å². The average Bonchev–Trinajstić information content (AvgIpc) is 3.35. The highest BCUT2D eigenvalue weighted by molar-refractivity contribution is 5.79. The molecule has 5 aliphatic carbocycles. The third kappa shape index (κ3) is 9.08. The molecule has 0 aromatic heterocycles. The highest BCUT2D eigenvalue weighted by Gasteiger charge is 2.71. The topological polar surface area (TPSA) is 334 Å². The summed E-state index contributed by atoms with van der Waals surface area (Å²) in [4.78, 5) is 15.3. The Hall–Kier alpha value is -1.55. The second-order valence-corrected chi connectivity index (χ2v) is 25.6. The van der Waals surface area contributed by atoms with E-state index in [9.17, 15) is 61.3 Å². The van der Waals surface area contributed by atoms with Crippen molar-refractivity contribution in [1.82, 2.24) is 0 Å². The number of rotatable bonds is 10. The summed E-state index contributed by atoms with van der Waals surface area (Å²) in [6.45, 7) is 15.3. The first-order valence-corrected chi connectivity index (χ1v) is 27.1. The molecular weight excluding hydrogens is 973 g/mol. The fourth-order valence-electron chi connectivity index (χ4n) is 16.1. The minimum atomic E-state index is -1.79. The van der Waals surface area contributed by atoms with Gasteiger partial charge in [0.15, 0.2) is 25.0 Å². The lowest BCUT2D eigenvalue weighted by molar-refractivity contribution is -0.365. The Labute approximate surface area is 433 Å². The molecule has 0 aromatic rings. The fraction of sp³-hybridized carbons (Fsp3) is 0.943. The number of ether oxygens (including phenoxy) is 8. The molecule has 0 radical (unpaired) electrons. The SMILES string of the molecule is CC1OC(OC2C(OC3CCC4(C)C(CCC5(C)C4CC=C4C6CC(C)(C)CCC6(C(=O)OC6OC(CO)C(O)C(O)C6OC6OC(C)C(O)C(O)C6O)CCC45C)C3(C)CO)OCC(O)C2O)C(O)C(O)C1O. The number of esters is 1. The summed E-state index contributed by atoms with van der Waals surface area (Å²) >= 11 is 0. The number of hydrogen-bond acceptors (Lipinski definition) is 21. The van der Waals surface area contributed by atoms with Crippen LogP contribution in [0.15, 0.2) is 11.6 Å². The molecule has 0 amide bonds. The van der Waals surface area contributed by atoms with E-state index in [0.717, 1.165) is 25.7 Å². The van der Waals surface area contributed by atoms with E-state index in [1.165, 1.54) is 19.4 Å². The average molecular weight is 1060 g/mol. The third-order valence-electron chi connectivity index (χ3n) is 21.1. The number of aliphatic hydroxyl groups is 12. The number of carbonyl (C=O) groups is 1. The maximum absolute atomic E-state index is 15.3. The van der Waals surface area contributed by atoms with E-state index in [0.29, 0.717) is 38.5 Å². The Balaban J connectivity index is 0.969. The normalized spacial score (nSPS) is 55.4. The molecule has 4 aliphatic heterocycles. The van der Waals surface area contributed by atoms with Gasteiger partial charge in [0.1, 0.15) is 73.2 Å². The first-order valence-electron chi connectivity index (χ1n) is 27.1. The van der Waals surface area contributed by atoms with Gasteiger partial charge in [0.2, 0.25) is 6.29 Å². The molecule has 4 saturated heterocycles. The van der Waals surface area contributed by atoms with Crippen molar-refractivity contribution in [2.45, 2.75) is 242 Å². The van der Waals surface area contributed by atoms with E-state index in [1.54, 1.807) is 0 Å². The van der Waals surface area contributed by atoms with Crippen molar-refractivity contribution in [3.05, 3.63) is 11.6 Å². The van der Waals surface area contributed by atoms with Crippen molar-refractivity contribution >= 4 is 5.97 Å². The Morgan fingerprint density at radius 3 is 1.81 bits per heavy atom. The quantitative estimate of drug-likeness (QED) is 0.0755. The van der Waals surface area contributed by atoms with Crippen LogP contribution in [0, 0.1) is 50.2 Å². The van der Waals surface area contributed by atoms with Crippen molar-refractivity contribution in [3.8, 4) is 0 Å². The van der Waals surface area contributed by atoms with E-state index in [-0.39, 0.29) is 52.6 Å². The molecular formula is C53H86O21. The number of allylic oxidation sites excluding steroid dienone is 2. The largest absolute Gasteiger partial charge is 0.432 e. The third-order valence-corrected chi connectivity index (χ3v) is 21.1. The maximum atomic E-state index is 15.3. The van der Waals surface area contributed by atoms with Gasteiger partial charge in [0.25, 0.3) is 0 Å². The Morgan fingerprint density at radius 2 is 1.22 bits per heavy atom. The lowest BCUT2D eigenvalue weighted by Crippen LogP contribution is -2.67. The van der Waals surface area contributed by atoms with E-state index in [1.807, 2.05) is 6.92 Å². The van der Waals surface area contributed by atoms with Crippen LogP contribution in [0.4, 0.5) is 0 Å². The summed E-state index contributed by atoms with van der Waals surface area (Å²) < 4.78 is 48.5. The lowest BCUT2D eigenvalue weighted by Gasteiger charge is -2.71. The molecule has 28 unspecified atom stereocenters. The predicted octanol–water partition coefficient (Wildman–Crippen LogP) is -0.369. The standard InChI is InChI=1S/C53H86O21/c1-23-32(57)36(61)39(64)43(68-23)72-41-34(59)27(56)21-67-45(41)71-31-12-13-49(5)29(50(31,6)22-55)11-14-52(8)30(49)10-9-25-26-19-48(3,4)15-17-53(26,18-16-51(25,52)7)47(66)74-46-42(38(63)35(60)28(20-54)70-46)73-44-40(65)37(62)33(58)24(2)69-44/h9,23-24,26-46,54-65H,10-22H2,1-8H3. The van der Waals surface area contributed by atoms with Crippen LogP contribution in [0.5, 0.6) is 0 Å². The molecule has 74 heavy (non-hydrogen) atoms. The summed E-state index contributed by atoms with van der Waals surface area (Å²) in [5.74, 6) is -0.717. The molecule has 0 spiro atoms. The number of carbonyl (C=O) groups excluding carboxylic acids is 1. The summed E-state index contributed by atoms with van der Waals surface area (Å²) in [6, 6.07) is 0. The maximum Gasteiger partial charge on any atom is 0.315 e. The van der Waals surface area contributed by atoms with Crippen LogP contribution in [-0.4, -0.2) is 210 Å². The van der Waals surface area contributed by atoms with Crippen molar-refractivity contribution in [2.24, 2.45) is 50.2 Å². The fourth-order valence-corrected chi connectivity index (χ4v) is 16.1. The van der Waals surface area contributed by atoms with Gasteiger partial charge >= 0.3 is 5.97 Å². The van der Waals surface area contributed by atoms with Crippen molar-refractivity contribution in [3.63, 3.8) is 0 Å². The molecule has 0 bridgehead atoms. The lowest BCUT2D eigenvalue weighted by atomic mass is 9.33. The van der Waals surface area contributed by atoms with Gasteiger partial charge in [-0.25, -0.2) is 0 Å². The van der Waals surface area contributed by atoms with Gasteiger partial charge in [-0.15, -0.1) is 0 Å². The minimum Gasteiger partial charge on any atom is -0.432 e. The van der Waals surface area contributed by atoms with Gasteiger partial charge < -0.3 is 99.2 Å². The van der Waals surface area contributed by atoms with Gasteiger partial charge in [-0.3, -0.25) is 4.79 Å². The summed E-state index contributed by atoms with van der Waals surface area (Å²) in [7, 11) is 0. The first kappa shape index (κ1) is 57.1. The molecule has 4 heterocycles. The summed E-state index contributed by atoms with van der Waals surface area (Å²) in [6.07, 6.45) is -19.9. The van der Waals surface area contributed by atoms with Crippen LogP contribution in [0.2, 0.25) is 0 Å². The van der Waals surface area contributed by atoms with Crippen LogP contribution in [0.1, 0.15) is 120 Å². The van der Waals surface area contributed by atoms with Gasteiger partial charge in [-0.05, 0) is 117 Å². The monoisotopic (exact) mass is 1060 g/mol. The number of fused-ring (bicyclic) bond motifs is 7. The van der Waals surface area contributed by atoms with Crippen LogP contribution in [0.25, 0.3) is 0 Å². The molecule has 8 fully saturated rings. The number of hydrogen-bond donors (Lipinski definition) is 12. The second kappa shape index (κ2) is 20.5. The van der Waals surface area contributed by atoms with E-state index in [4.69, 9.17) is 37.9 Å². The van der Waals surface area contributed by atoms with E-state index in [2.05, 4.69) is 40.7 Å². The zero-order valence-electron chi connectivity index (χ0n) is 44.1. The predicted molar refractivity (Wildman–Crippen MR) is 255 cm³/mol. The molecule has 424 valence electrons. The second-order valence-electron chi connectivity index (χ2n) is 25.6. The van der Waals surface area contributed by atoms with E-state index >= 15 is 4.79 Å². The van der Waals surface area contributed by atoms with Crippen molar-refractivity contribution in [1.29, 1.82) is 0 Å². The molecule has 21 heteroatoms. The molecule has 0 aromatic carbocycles. The zero-order chi connectivity index (χ0) is 54.0.